The van der Waals surface area contributed by atoms with Gasteiger partial charge in [0, 0.05) is 6.42 Å². The Morgan fingerprint density at radius 3 is 1.94 bits per heavy atom. The minimum absolute atomic E-state index is 0.700. The van der Waals surface area contributed by atoms with Crippen molar-refractivity contribution in [2.24, 2.45) is 0 Å². The molecule has 0 saturated carbocycles. The number of hydrogen-bond donors (Lipinski definition) is 4. The lowest BCUT2D eigenvalue weighted by atomic mass is 9.94. The van der Waals surface area contributed by atoms with Crippen LogP contribution in [0.4, 0.5) is 0 Å². The van der Waals surface area contributed by atoms with E-state index in [0.717, 1.165) is 0 Å². The zero-order valence-corrected chi connectivity index (χ0v) is 9.45. The van der Waals surface area contributed by atoms with Crippen molar-refractivity contribution in [3.05, 3.63) is 0 Å². The molecular formula is C7H11O9P. The summed E-state index contributed by atoms with van der Waals surface area (Å²) >= 11 is 0. The summed E-state index contributed by atoms with van der Waals surface area (Å²) in [6.07, 6.45) is -2.53. The summed E-state index contributed by atoms with van der Waals surface area (Å²) in [6, 6.07) is 0. The van der Waals surface area contributed by atoms with Gasteiger partial charge in [-0.2, -0.15) is 0 Å². The van der Waals surface area contributed by atoms with E-state index in [1.54, 1.807) is 0 Å². The van der Waals surface area contributed by atoms with Crippen molar-refractivity contribution in [3.63, 3.8) is 0 Å². The van der Waals surface area contributed by atoms with Crippen LogP contribution in [0.15, 0.2) is 0 Å². The largest absolute Gasteiger partial charge is 0.481 e. The molecule has 0 heterocycles. The van der Waals surface area contributed by atoms with Crippen LogP contribution in [-0.4, -0.2) is 43.7 Å². The maximum atomic E-state index is 10.9. The minimum atomic E-state index is -3.71. The van der Waals surface area contributed by atoms with Crippen LogP contribution in [0.1, 0.15) is 19.3 Å². The quantitative estimate of drug-likeness (QED) is 0.428. The number of carboxylic acids is 3. The Bertz CT molecular complexity index is 333. The van der Waals surface area contributed by atoms with Crippen molar-refractivity contribution in [3.8, 4) is 0 Å². The standard InChI is InChI=1S/C7H11O9P/c8-4(9)1-2-7(6(12)13,3-5(10)11)16-17(14)15/h17H,1-3H2,(H,8,9)(H,10,11)(H,12,13)(H,14,15). The first-order chi connectivity index (χ1) is 7.69. The van der Waals surface area contributed by atoms with Crippen LogP contribution in [-0.2, 0) is 23.5 Å². The molecule has 0 aliphatic carbocycles. The molecule has 0 bridgehead atoms. The van der Waals surface area contributed by atoms with E-state index in [9.17, 15) is 18.9 Å². The van der Waals surface area contributed by atoms with Crippen molar-refractivity contribution in [1.82, 2.24) is 0 Å². The van der Waals surface area contributed by atoms with Crippen LogP contribution in [0.5, 0.6) is 0 Å². The van der Waals surface area contributed by atoms with E-state index in [0.29, 0.717) is 0 Å². The molecule has 0 aliphatic heterocycles. The molecule has 0 radical (unpaired) electrons. The predicted molar refractivity (Wildman–Crippen MR) is 51.8 cm³/mol. The second-order valence-electron chi connectivity index (χ2n) is 3.13. The molecule has 0 rings (SSSR count). The first kappa shape index (κ1) is 15.6. The summed E-state index contributed by atoms with van der Waals surface area (Å²) in [5, 5.41) is 25.7. The maximum absolute atomic E-state index is 10.9. The first-order valence-corrected chi connectivity index (χ1v) is 5.55. The van der Waals surface area contributed by atoms with Crippen LogP contribution < -0.4 is 0 Å². The van der Waals surface area contributed by atoms with E-state index >= 15 is 0 Å². The van der Waals surface area contributed by atoms with Gasteiger partial charge in [-0.25, -0.2) is 4.79 Å². The molecule has 0 spiro atoms. The monoisotopic (exact) mass is 270 g/mol. The Hall–Kier alpha value is -1.44. The van der Waals surface area contributed by atoms with Crippen LogP contribution in [0.3, 0.4) is 0 Å². The Balaban J connectivity index is 5.07. The van der Waals surface area contributed by atoms with Gasteiger partial charge in [-0.15, -0.1) is 0 Å². The molecule has 0 saturated heterocycles. The number of carbonyl (C=O) groups is 3. The molecule has 9 nitrogen and oxygen atoms in total. The van der Waals surface area contributed by atoms with E-state index in [1.807, 2.05) is 0 Å². The molecule has 2 unspecified atom stereocenters. The van der Waals surface area contributed by atoms with Crippen molar-refractivity contribution in [1.29, 1.82) is 0 Å². The summed E-state index contributed by atoms with van der Waals surface area (Å²) in [6.45, 7) is 0. The van der Waals surface area contributed by atoms with Gasteiger partial charge in [0.2, 0.25) is 0 Å². The topological polar surface area (TPSA) is 158 Å². The van der Waals surface area contributed by atoms with Crippen molar-refractivity contribution >= 4 is 26.2 Å². The fraction of sp³-hybridized carbons (Fsp3) is 0.571. The number of hydrogen-bond acceptors (Lipinski definition) is 5. The molecule has 0 aromatic heterocycles. The van der Waals surface area contributed by atoms with Gasteiger partial charge in [-0.1, -0.05) is 0 Å². The zero-order chi connectivity index (χ0) is 13.6. The van der Waals surface area contributed by atoms with Gasteiger partial charge in [-0.3, -0.25) is 18.7 Å². The van der Waals surface area contributed by atoms with Crippen LogP contribution in [0.2, 0.25) is 0 Å². The molecule has 0 fully saturated rings. The summed E-state index contributed by atoms with van der Waals surface area (Å²) in [5.74, 6) is -4.75. The summed E-state index contributed by atoms with van der Waals surface area (Å²) in [4.78, 5) is 40.2. The molecule has 17 heavy (non-hydrogen) atoms. The average Bonchev–Trinajstić information content (AvgIpc) is 2.11. The van der Waals surface area contributed by atoms with E-state index in [-0.39, 0.29) is 0 Å². The SMILES string of the molecule is O=C(O)CCC(CC(=O)O)(O[PH](=O)O)C(=O)O. The molecule has 0 aliphatic rings. The Labute approximate surface area is 95.6 Å². The molecule has 2 atom stereocenters. The second kappa shape index (κ2) is 6.33. The highest BCUT2D eigenvalue weighted by molar-refractivity contribution is 7.32. The first-order valence-electron chi connectivity index (χ1n) is 4.28. The third-order valence-electron chi connectivity index (χ3n) is 1.85. The Morgan fingerprint density at radius 2 is 1.65 bits per heavy atom. The van der Waals surface area contributed by atoms with E-state index < -0.39 is 51.0 Å². The second-order valence-corrected chi connectivity index (χ2v) is 3.87. The van der Waals surface area contributed by atoms with Crippen molar-refractivity contribution < 1.29 is 43.7 Å². The van der Waals surface area contributed by atoms with Gasteiger partial charge >= 0.3 is 26.2 Å². The molecule has 10 heteroatoms. The molecule has 98 valence electrons. The fourth-order valence-electron chi connectivity index (χ4n) is 1.12. The van der Waals surface area contributed by atoms with Crippen LogP contribution in [0.25, 0.3) is 0 Å². The van der Waals surface area contributed by atoms with E-state index in [4.69, 9.17) is 20.2 Å². The maximum Gasteiger partial charge on any atom is 0.337 e. The third-order valence-corrected chi connectivity index (χ3v) is 2.42. The molecule has 0 aromatic carbocycles. The lowest BCUT2D eigenvalue weighted by Gasteiger charge is -2.25. The molecule has 0 amide bonds. The van der Waals surface area contributed by atoms with Gasteiger partial charge in [0.1, 0.15) is 0 Å². The number of carboxylic acid groups (broad SMARTS) is 3. The lowest BCUT2D eigenvalue weighted by molar-refractivity contribution is -0.164. The average molecular weight is 270 g/mol. The van der Waals surface area contributed by atoms with Gasteiger partial charge in [-0.05, 0) is 6.42 Å². The summed E-state index contributed by atoms with van der Waals surface area (Å²) in [5.41, 5.74) is -2.50. The van der Waals surface area contributed by atoms with Crippen molar-refractivity contribution in [2.75, 3.05) is 0 Å². The molecule has 0 aromatic rings. The normalized spacial score (nSPS) is 15.8. The van der Waals surface area contributed by atoms with Gasteiger partial charge in [0.25, 0.3) is 0 Å². The highest BCUT2D eigenvalue weighted by Gasteiger charge is 2.44. The minimum Gasteiger partial charge on any atom is -0.481 e. The molecule has 4 N–H and O–H groups in total. The lowest BCUT2D eigenvalue weighted by Crippen LogP contribution is -2.42. The van der Waals surface area contributed by atoms with Gasteiger partial charge in [0.15, 0.2) is 5.60 Å². The van der Waals surface area contributed by atoms with Crippen LogP contribution in [0, 0.1) is 0 Å². The van der Waals surface area contributed by atoms with Crippen molar-refractivity contribution in [2.45, 2.75) is 24.9 Å². The summed E-state index contributed by atoms with van der Waals surface area (Å²) in [7, 11) is -3.71. The number of aliphatic carboxylic acids is 3. The number of rotatable bonds is 8. The third kappa shape index (κ3) is 5.43. The highest BCUT2D eigenvalue weighted by Crippen LogP contribution is 2.33. The highest BCUT2D eigenvalue weighted by atomic mass is 31.1. The van der Waals surface area contributed by atoms with E-state index in [2.05, 4.69) is 4.52 Å². The predicted octanol–water partition coefficient (Wildman–Crippen LogP) is -0.452. The van der Waals surface area contributed by atoms with E-state index in [1.165, 1.54) is 0 Å². The summed E-state index contributed by atoms with van der Waals surface area (Å²) < 4.78 is 14.7. The smallest absolute Gasteiger partial charge is 0.337 e. The van der Waals surface area contributed by atoms with Crippen LogP contribution >= 0.6 is 8.25 Å². The van der Waals surface area contributed by atoms with Gasteiger partial charge in [0.05, 0.1) is 6.42 Å². The Morgan fingerprint density at radius 1 is 1.12 bits per heavy atom. The fourth-order valence-corrected chi connectivity index (χ4v) is 1.72. The molecular weight excluding hydrogens is 259 g/mol. The van der Waals surface area contributed by atoms with Gasteiger partial charge < -0.3 is 20.2 Å². The zero-order valence-electron chi connectivity index (χ0n) is 8.45. The Kier molecular flexibility index (Phi) is 5.80.